The third kappa shape index (κ3) is 1.94. The van der Waals surface area contributed by atoms with Gasteiger partial charge in [-0.15, -0.1) is 0 Å². The number of hydrogen-bond donors (Lipinski definition) is 1. The van der Waals surface area contributed by atoms with Crippen LogP contribution in [0.15, 0.2) is 10.5 Å². The Labute approximate surface area is 95.7 Å². The first kappa shape index (κ1) is 10.7. The molecular weight excluding hydrogens is 265 g/mol. The van der Waals surface area contributed by atoms with E-state index in [0.717, 1.165) is 0 Å². The summed E-state index contributed by atoms with van der Waals surface area (Å²) in [6, 6.07) is 1.67. The maximum Gasteiger partial charge on any atom is 0.178 e. The minimum Gasteiger partial charge on any atom is -0.486 e. The Morgan fingerprint density at radius 1 is 1.47 bits per heavy atom. The van der Waals surface area contributed by atoms with Crippen LogP contribution in [-0.4, -0.2) is 20.3 Å². The molecule has 0 radical (unpaired) electrons. The van der Waals surface area contributed by atoms with Crippen molar-refractivity contribution in [1.82, 2.24) is 5.32 Å². The first-order valence-electron chi connectivity index (χ1n) is 4.65. The van der Waals surface area contributed by atoms with Crippen LogP contribution in [0, 0.1) is 5.82 Å². The normalized spacial score (nSPS) is 14.1. The number of ether oxygens (including phenoxy) is 2. The van der Waals surface area contributed by atoms with E-state index in [1.54, 1.807) is 13.1 Å². The fourth-order valence-electron chi connectivity index (χ4n) is 1.49. The van der Waals surface area contributed by atoms with Crippen LogP contribution < -0.4 is 14.8 Å². The Kier molecular flexibility index (Phi) is 3.11. The van der Waals surface area contributed by atoms with Crippen molar-refractivity contribution in [2.24, 2.45) is 0 Å². The Morgan fingerprint density at radius 3 is 2.93 bits per heavy atom. The Hall–Kier alpha value is -0.810. The van der Waals surface area contributed by atoms with Crippen LogP contribution in [0.2, 0.25) is 0 Å². The zero-order valence-corrected chi connectivity index (χ0v) is 9.86. The standard InChI is InChI=1S/C10H11BrFNO2/c1-13-5-6-4-7-10(8(11)9(6)12)15-3-2-14-7/h4,13H,2-3,5H2,1H3. The maximum atomic E-state index is 13.8. The minimum absolute atomic E-state index is 0.298. The monoisotopic (exact) mass is 275 g/mol. The van der Waals surface area contributed by atoms with Crippen LogP contribution in [0.1, 0.15) is 5.56 Å². The topological polar surface area (TPSA) is 30.5 Å². The molecule has 0 bridgehead atoms. The molecule has 1 N–H and O–H groups in total. The zero-order chi connectivity index (χ0) is 10.8. The fourth-order valence-corrected chi connectivity index (χ4v) is 2.06. The molecule has 0 amide bonds. The van der Waals surface area contributed by atoms with Gasteiger partial charge in [-0.1, -0.05) is 0 Å². The van der Waals surface area contributed by atoms with Crippen molar-refractivity contribution in [2.45, 2.75) is 6.54 Å². The first-order chi connectivity index (χ1) is 7.24. The van der Waals surface area contributed by atoms with Gasteiger partial charge in [0.2, 0.25) is 0 Å². The summed E-state index contributed by atoms with van der Waals surface area (Å²) in [5.74, 6) is 0.756. The molecule has 1 heterocycles. The molecular formula is C10H11BrFNO2. The van der Waals surface area contributed by atoms with Gasteiger partial charge in [0.25, 0.3) is 0 Å². The summed E-state index contributed by atoms with van der Waals surface area (Å²) < 4.78 is 24.8. The Morgan fingerprint density at radius 2 is 2.20 bits per heavy atom. The second-order valence-electron chi connectivity index (χ2n) is 3.22. The van der Waals surface area contributed by atoms with Gasteiger partial charge in [0.15, 0.2) is 11.5 Å². The van der Waals surface area contributed by atoms with Crippen LogP contribution in [-0.2, 0) is 6.54 Å². The molecule has 5 heteroatoms. The summed E-state index contributed by atoms with van der Waals surface area (Å²) in [7, 11) is 1.77. The third-order valence-corrected chi connectivity index (χ3v) is 2.87. The van der Waals surface area contributed by atoms with Crippen molar-refractivity contribution in [2.75, 3.05) is 20.3 Å². The van der Waals surface area contributed by atoms with Crippen molar-refractivity contribution in [3.8, 4) is 11.5 Å². The summed E-state index contributed by atoms with van der Waals surface area (Å²) in [4.78, 5) is 0. The molecule has 0 saturated heterocycles. The van der Waals surface area contributed by atoms with Gasteiger partial charge < -0.3 is 14.8 Å². The van der Waals surface area contributed by atoms with Gasteiger partial charge in [-0.3, -0.25) is 0 Å². The molecule has 15 heavy (non-hydrogen) atoms. The van der Waals surface area contributed by atoms with E-state index in [0.29, 0.717) is 41.3 Å². The predicted molar refractivity (Wildman–Crippen MR) is 57.9 cm³/mol. The average Bonchev–Trinajstić information content (AvgIpc) is 2.26. The number of benzene rings is 1. The molecule has 1 aliphatic heterocycles. The molecule has 1 aromatic carbocycles. The second kappa shape index (κ2) is 4.37. The smallest absolute Gasteiger partial charge is 0.178 e. The molecule has 2 rings (SSSR count). The molecule has 1 aliphatic rings. The molecule has 0 spiro atoms. The SMILES string of the molecule is CNCc1cc2c(c(Br)c1F)OCCO2. The van der Waals surface area contributed by atoms with E-state index in [2.05, 4.69) is 21.2 Å². The van der Waals surface area contributed by atoms with Crippen LogP contribution in [0.4, 0.5) is 4.39 Å². The van der Waals surface area contributed by atoms with Crippen molar-refractivity contribution >= 4 is 15.9 Å². The number of hydrogen-bond acceptors (Lipinski definition) is 3. The van der Waals surface area contributed by atoms with E-state index < -0.39 is 0 Å². The van der Waals surface area contributed by atoms with Gasteiger partial charge >= 0.3 is 0 Å². The number of halogens is 2. The summed E-state index contributed by atoms with van der Waals surface area (Å²) in [5, 5.41) is 2.90. The molecule has 1 aromatic rings. The van der Waals surface area contributed by atoms with Crippen molar-refractivity contribution in [3.05, 3.63) is 21.9 Å². The Balaban J connectivity index is 2.47. The lowest BCUT2D eigenvalue weighted by Gasteiger charge is -2.21. The highest BCUT2D eigenvalue weighted by molar-refractivity contribution is 9.10. The van der Waals surface area contributed by atoms with Gasteiger partial charge in [-0.25, -0.2) is 4.39 Å². The van der Waals surface area contributed by atoms with Gasteiger partial charge in [0, 0.05) is 12.1 Å². The summed E-state index contributed by atoms with van der Waals surface area (Å²) in [5.41, 5.74) is 0.564. The molecule has 0 saturated carbocycles. The van der Waals surface area contributed by atoms with Gasteiger partial charge in [-0.2, -0.15) is 0 Å². The van der Waals surface area contributed by atoms with Crippen molar-refractivity contribution in [1.29, 1.82) is 0 Å². The average molecular weight is 276 g/mol. The highest BCUT2D eigenvalue weighted by Gasteiger charge is 2.21. The quantitative estimate of drug-likeness (QED) is 0.897. The van der Waals surface area contributed by atoms with Gasteiger partial charge in [0.1, 0.15) is 19.0 Å². The molecule has 0 unspecified atom stereocenters. The van der Waals surface area contributed by atoms with Crippen molar-refractivity contribution < 1.29 is 13.9 Å². The van der Waals surface area contributed by atoms with E-state index in [1.165, 1.54) is 0 Å². The number of rotatable bonds is 2. The van der Waals surface area contributed by atoms with Crippen LogP contribution in [0.5, 0.6) is 11.5 Å². The Bertz CT molecular complexity index is 384. The van der Waals surface area contributed by atoms with E-state index in [1.807, 2.05) is 0 Å². The summed E-state index contributed by atoms with van der Waals surface area (Å²) >= 11 is 3.18. The number of nitrogens with one attached hydrogen (secondary N) is 1. The van der Waals surface area contributed by atoms with E-state index in [4.69, 9.17) is 9.47 Å². The molecule has 0 aromatic heterocycles. The second-order valence-corrected chi connectivity index (χ2v) is 4.01. The lowest BCUT2D eigenvalue weighted by atomic mass is 10.2. The molecule has 82 valence electrons. The zero-order valence-electron chi connectivity index (χ0n) is 8.27. The minimum atomic E-state index is -0.298. The van der Waals surface area contributed by atoms with Crippen LogP contribution in [0.25, 0.3) is 0 Å². The molecule has 0 aliphatic carbocycles. The molecule has 0 fully saturated rings. The first-order valence-corrected chi connectivity index (χ1v) is 5.44. The van der Waals surface area contributed by atoms with Crippen LogP contribution >= 0.6 is 15.9 Å². The fraction of sp³-hybridized carbons (Fsp3) is 0.400. The summed E-state index contributed by atoms with van der Waals surface area (Å²) in [6.07, 6.45) is 0. The highest BCUT2D eigenvalue weighted by atomic mass is 79.9. The van der Waals surface area contributed by atoms with E-state index in [-0.39, 0.29) is 5.82 Å². The van der Waals surface area contributed by atoms with Gasteiger partial charge in [-0.05, 0) is 29.0 Å². The maximum absolute atomic E-state index is 13.8. The lowest BCUT2D eigenvalue weighted by molar-refractivity contribution is 0.169. The molecule has 0 atom stereocenters. The predicted octanol–water partition coefficient (Wildman–Crippen LogP) is 2.08. The summed E-state index contributed by atoms with van der Waals surface area (Å²) in [6.45, 7) is 1.42. The largest absolute Gasteiger partial charge is 0.486 e. The van der Waals surface area contributed by atoms with Crippen molar-refractivity contribution in [3.63, 3.8) is 0 Å². The third-order valence-electron chi connectivity index (χ3n) is 2.16. The van der Waals surface area contributed by atoms with E-state index in [9.17, 15) is 4.39 Å². The molecule has 3 nitrogen and oxygen atoms in total. The van der Waals surface area contributed by atoms with E-state index >= 15 is 0 Å². The highest BCUT2D eigenvalue weighted by Crippen LogP contribution is 2.40. The lowest BCUT2D eigenvalue weighted by Crippen LogP contribution is -2.17. The van der Waals surface area contributed by atoms with Gasteiger partial charge in [0.05, 0.1) is 4.47 Å². The van der Waals surface area contributed by atoms with Crippen LogP contribution in [0.3, 0.4) is 0 Å². The number of fused-ring (bicyclic) bond motifs is 1.